The fraction of sp³-hybridized carbons (Fsp3) is 0. The van der Waals surface area contributed by atoms with Crippen molar-refractivity contribution in [2.24, 2.45) is 0 Å². The largest absolute Gasteiger partial charge is 0.356 e. The van der Waals surface area contributed by atoms with E-state index in [1.807, 2.05) is 66.7 Å². The van der Waals surface area contributed by atoms with Gasteiger partial charge >= 0.3 is 7.60 Å². The highest BCUT2D eigenvalue weighted by atomic mass is 35.5. The Balaban J connectivity index is 1.67. The molecule has 0 saturated heterocycles. The number of hydrogen-bond donors (Lipinski definition) is 2. The van der Waals surface area contributed by atoms with Crippen molar-refractivity contribution in [3.05, 3.63) is 95.0 Å². The highest BCUT2D eigenvalue weighted by Crippen LogP contribution is 2.36. The molecule has 5 rings (SSSR count). The summed E-state index contributed by atoms with van der Waals surface area (Å²) in [4.78, 5) is 18.9. The Labute approximate surface area is 188 Å². The Bertz CT molecular complexity index is 1440. The van der Waals surface area contributed by atoms with Crippen molar-refractivity contribution in [1.29, 1.82) is 0 Å². The third kappa shape index (κ3) is 3.67. The van der Waals surface area contributed by atoms with E-state index in [9.17, 15) is 14.4 Å². The molecule has 0 atom stereocenters. The highest BCUT2D eigenvalue weighted by molar-refractivity contribution is 7.60. The first-order valence-electron chi connectivity index (χ1n) is 9.47. The second-order valence-corrected chi connectivity index (χ2v) is 9.78. The van der Waals surface area contributed by atoms with E-state index >= 15 is 0 Å². The van der Waals surface area contributed by atoms with Gasteiger partial charge in [-0.1, -0.05) is 59.6 Å². The molecule has 0 unspecified atom stereocenters. The van der Waals surface area contributed by atoms with E-state index in [1.54, 1.807) is 6.07 Å². The van der Waals surface area contributed by atoms with E-state index in [1.165, 1.54) is 12.1 Å². The van der Waals surface area contributed by atoms with Crippen LogP contribution in [-0.2, 0) is 4.57 Å². The highest BCUT2D eigenvalue weighted by Gasteiger charge is 2.17. The first kappa shape index (κ1) is 20.3. The van der Waals surface area contributed by atoms with E-state index in [2.05, 4.69) is 4.57 Å². The molecule has 4 aromatic carbocycles. The van der Waals surface area contributed by atoms with Crippen LogP contribution >= 0.6 is 30.8 Å². The van der Waals surface area contributed by atoms with Crippen molar-refractivity contribution in [2.75, 3.05) is 0 Å². The van der Waals surface area contributed by atoms with Gasteiger partial charge < -0.3 is 14.4 Å². The molecule has 0 aliphatic heterocycles. The minimum Gasteiger partial charge on any atom is -0.321 e. The van der Waals surface area contributed by atoms with Crippen molar-refractivity contribution in [1.82, 2.24) is 4.57 Å². The predicted octanol–water partition coefficient (Wildman–Crippen LogP) is 6.56. The molecule has 0 aliphatic rings. The van der Waals surface area contributed by atoms with Gasteiger partial charge in [-0.25, -0.2) is 0 Å². The average Bonchev–Trinajstić information content (AvgIpc) is 3.05. The van der Waals surface area contributed by atoms with Crippen LogP contribution in [0.2, 0.25) is 10.0 Å². The summed E-state index contributed by atoms with van der Waals surface area (Å²) >= 11 is 12.6. The standard InChI is InChI=1S/C24H16Cl2NO3P/c25-17-6-10-21-22-11-7-18(26)14-24(22)27(23(21)13-17)19-8-4-15(5-9-19)16-2-1-3-20(12-16)31(28,29)30/h1-14H,(H2,28,29,30). The first-order valence-corrected chi connectivity index (χ1v) is 11.8. The summed E-state index contributed by atoms with van der Waals surface area (Å²) in [6.07, 6.45) is 0. The van der Waals surface area contributed by atoms with Gasteiger partial charge in [0.15, 0.2) is 0 Å². The van der Waals surface area contributed by atoms with Crippen LogP contribution in [0.3, 0.4) is 0 Å². The SMILES string of the molecule is O=P(O)(O)c1cccc(-c2ccc(-n3c4cc(Cl)ccc4c4ccc(Cl)cc43)cc2)c1. The lowest BCUT2D eigenvalue weighted by molar-refractivity contribution is 0.387. The molecule has 5 aromatic rings. The van der Waals surface area contributed by atoms with Gasteiger partial charge in [-0.15, -0.1) is 0 Å². The van der Waals surface area contributed by atoms with Crippen LogP contribution in [0.1, 0.15) is 0 Å². The monoisotopic (exact) mass is 467 g/mol. The van der Waals surface area contributed by atoms with Gasteiger partial charge in [-0.05, 0) is 59.7 Å². The lowest BCUT2D eigenvalue weighted by atomic mass is 10.1. The maximum absolute atomic E-state index is 11.6. The summed E-state index contributed by atoms with van der Waals surface area (Å²) in [5, 5.41) is 3.45. The van der Waals surface area contributed by atoms with Crippen LogP contribution in [-0.4, -0.2) is 14.4 Å². The second kappa shape index (κ2) is 7.52. The van der Waals surface area contributed by atoms with Crippen molar-refractivity contribution in [2.45, 2.75) is 0 Å². The molecule has 154 valence electrons. The number of hydrogen-bond acceptors (Lipinski definition) is 1. The quantitative estimate of drug-likeness (QED) is 0.295. The molecule has 7 heteroatoms. The topological polar surface area (TPSA) is 62.5 Å². The van der Waals surface area contributed by atoms with E-state index in [4.69, 9.17) is 23.2 Å². The van der Waals surface area contributed by atoms with Gasteiger partial charge in [-0.2, -0.15) is 0 Å². The minimum atomic E-state index is -4.31. The van der Waals surface area contributed by atoms with Crippen LogP contribution < -0.4 is 5.30 Å². The molecule has 1 heterocycles. The molecule has 0 bridgehead atoms. The number of rotatable bonds is 3. The summed E-state index contributed by atoms with van der Waals surface area (Å²) in [5.41, 5.74) is 4.47. The molecule has 2 N–H and O–H groups in total. The van der Waals surface area contributed by atoms with Crippen LogP contribution in [0.4, 0.5) is 0 Å². The van der Waals surface area contributed by atoms with E-state index in [0.29, 0.717) is 10.0 Å². The van der Waals surface area contributed by atoms with Gasteiger partial charge in [0.25, 0.3) is 0 Å². The molecule has 0 amide bonds. The molecule has 0 radical (unpaired) electrons. The third-order valence-electron chi connectivity index (χ3n) is 5.33. The zero-order valence-electron chi connectivity index (χ0n) is 16.0. The van der Waals surface area contributed by atoms with Crippen molar-refractivity contribution < 1.29 is 14.4 Å². The van der Waals surface area contributed by atoms with Crippen LogP contribution in [0.15, 0.2) is 84.9 Å². The molecule has 0 fully saturated rings. The smallest absolute Gasteiger partial charge is 0.321 e. The Hall–Kier alpha value is -2.59. The zero-order valence-corrected chi connectivity index (χ0v) is 18.4. The van der Waals surface area contributed by atoms with Crippen molar-refractivity contribution in [3.63, 3.8) is 0 Å². The molecular formula is C24H16Cl2NO3P. The normalized spacial score (nSPS) is 12.0. The average molecular weight is 468 g/mol. The second-order valence-electron chi connectivity index (χ2n) is 7.30. The molecule has 4 nitrogen and oxygen atoms in total. The van der Waals surface area contributed by atoms with Crippen LogP contribution in [0.25, 0.3) is 38.6 Å². The van der Waals surface area contributed by atoms with Gasteiger partial charge in [0.05, 0.1) is 16.3 Å². The molecule has 0 saturated carbocycles. The van der Waals surface area contributed by atoms with Gasteiger partial charge in [-0.3, -0.25) is 4.57 Å². The Morgan fingerprint density at radius 2 is 1.26 bits per heavy atom. The van der Waals surface area contributed by atoms with Crippen LogP contribution in [0.5, 0.6) is 0 Å². The number of halogens is 2. The molecule has 0 spiro atoms. The van der Waals surface area contributed by atoms with Crippen molar-refractivity contribution >= 4 is 57.9 Å². The van der Waals surface area contributed by atoms with E-state index in [0.717, 1.165) is 38.6 Å². The molecule has 31 heavy (non-hydrogen) atoms. The Kier molecular flexibility index (Phi) is 4.93. The number of nitrogens with zero attached hydrogens (tertiary/aromatic N) is 1. The maximum Gasteiger partial charge on any atom is 0.356 e. The lowest BCUT2D eigenvalue weighted by Gasteiger charge is -2.11. The summed E-state index contributed by atoms with van der Waals surface area (Å²) in [7, 11) is -4.31. The summed E-state index contributed by atoms with van der Waals surface area (Å²) in [6, 6.07) is 25.9. The van der Waals surface area contributed by atoms with E-state index in [-0.39, 0.29) is 5.30 Å². The zero-order chi connectivity index (χ0) is 21.8. The molecule has 0 aliphatic carbocycles. The molecule has 1 aromatic heterocycles. The summed E-state index contributed by atoms with van der Waals surface area (Å²) < 4.78 is 13.7. The first-order chi connectivity index (χ1) is 14.8. The third-order valence-corrected chi connectivity index (χ3v) is 6.75. The fourth-order valence-corrected chi connectivity index (χ4v) is 4.83. The Morgan fingerprint density at radius 3 is 1.81 bits per heavy atom. The minimum absolute atomic E-state index is 0.000702. The summed E-state index contributed by atoms with van der Waals surface area (Å²) in [6.45, 7) is 0. The Morgan fingerprint density at radius 1 is 0.677 bits per heavy atom. The number of benzene rings is 4. The van der Waals surface area contributed by atoms with Gasteiger partial charge in [0.1, 0.15) is 0 Å². The van der Waals surface area contributed by atoms with E-state index < -0.39 is 7.60 Å². The molecular weight excluding hydrogens is 452 g/mol. The number of fused-ring (bicyclic) bond motifs is 3. The fourth-order valence-electron chi connectivity index (χ4n) is 3.91. The maximum atomic E-state index is 11.6. The van der Waals surface area contributed by atoms with Gasteiger partial charge in [0, 0.05) is 26.5 Å². The van der Waals surface area contributed by atoms with Crippen LogP contribution in [0, 0.1) is 0 Å². The lowest BCUT2D eigenvalue weighted by Crippen LogP contribution is -2.03. The predicted molar refractivity (Wildman–Crippen MR) is 128 cm³/mol. The summed E-state index contributed by atoms with van der Waals surface area (Å²) in [5.74, 6) is 0. The van der Waals surface area contributed by atoms with Gasteiger partial charge in [0.2, 0.25) is 0 Å². The van der Waals surface area contributed by atoms with Crippen molar-refractivity contribution in [3.8, 4) is 16.8 Å². The number of aromatic nitrogens is 1.